The zero-order valence-electron chi connectivity index (χ0n) is 12.9. The molecule has 7 nitrogen and oxygen atoms in total. The molecule has 2 heterocycles. The van der Waals surface area contributed by atoms with Crippen LogP contribution in [-0.2, 0) is 14.8 Å². The second kappa shape index (κ2) is 6.45. The smallest absolute Gasteiger partial charge is 0.256 e. The van der Waals surface area contributed by atoms with Gasteiger partial charge in [0, 0.05) is 18.8 Å². The van der Waals surface area contributed by atoms with Crippen molar-refractivity contribution in [1.82, 2.24) is 10.2 Å². The highest BCUT2D eigenvalue weighted by molar-refractivity contribution is 7.90. The van der Waals surface area contributed by atoms with Gasteiger partial charge in [-0.15, -0.1) is 4.40 Å². The molecule has 3 aliphatic rings. The Morgan fingerprint density at radius 3 is 2.91 bits per heavy atom. The topological polar surface area (TPSA) is 105 Å². The largest absolute Gasteiger partial charge is 0.349 e. The number of hydrogen-bond acceptors (Lipinski definition) is 5. The van der Waals surface area contributed by atoms with E-state index in [4.69, 9.17) is 5.73 Å². The number of nitrogens with one attached hydrogen (secondary N) is 1. The van der Waals surface area contributed by atoms with Gasteiger partial charge in [-0.25, -0.2) is 8.42 Å². The van der Waals surface area contributed by atoms with E-state index in [1.165, 1.54) is 6.42 Å². The van der Waals surface area contributed by atoms with Crippen LogP contribution in [0.3, 0.4) is 0 Å². The maximum atomic E-state index is 12.5. The van der Waals surface area contributed by atoms with Crippen LogP contribution in [0.2, 0.25) is 0 Å². The SMILES string of the molecule is NCC1CCCCC1NC(=O)C1=CN2CCS(=O)(=O)N=C2C=C1. The van der Waals surface area contributed by atoms with Crippen molar-refractivity contribution in [2.45, 2.75) is 31.7 Å². The van der Waals surface area contributed by atoms with Gasteiger partial charge in [0.25, 0.3) is 15.9 Å². The van der Waals surface area contributed by atoms with E-state index < -0.39 is 10.0 Å². The van der Waals surface area contributed by atoms with E-state index in [9.17, 15) is 13.2 Å². The first kappa shape index (κ1) is 16.2. The summed E-state index contributed by atoms with van der Waals surface area (Å²) < 4.78 is 26.7. The maximum absolute atomic E-state index is 12.5. The van der Waals surface area contributed by atoms with E-state index >= 15 is 0 Å². The van der Waals surface area contributed by atoms with Gasteiger partial charge in [0.15, 0.2) is 0 Å². The monoisotopic (exact) mass is 338 g/mol. The molecule has 8 heteroatoms. The number of rotatable bonds is 3. The number of nitrogens with two attached hydrogens (primary N) is 1. The Labute approximate surface area is 136 Å². The molecule has 2 unspecified atom stereocenters. The van der Waals surface area contributed by atoms with Crippen LogP contribution in [0.5, 0.6) is 0 Å². The van der Waals surface area contributed by atoms with E-state index in [1.807, 2.05) is 0 Å². The zero-order valence-corrected chi connectivity index (χ0v) is 13.8. The number of nitrogens with zero attached hydrogens (tertiary/aromatic N) is 2. The Morgan fingerprint density at radius 1 is 1.35 bits per heavy atom. The lowest BCUT2D eigenvalue weighted by molar-refractivity contribution is -0.118. The summed E-state index contributed by atoms with van der Waals surface area (Å²) in [5, 5.41) is 3.08. The molecule has 1 amide bonds. The number of fused-ring (bicyclic) bond motifs is 1. The van der Waals surface area contributed by atoms with E-state index in [2.05, 4.69) is 9.71 Å². The molecule has 0 spiro atoms. The summed E-state index contributed by atoms with van der Waals surface area (Å²) in [6.07, 6.45) is 9.15. The second-order valence-electron chi connectivity index (χ2n) is 6.21. The summed E-state index contributed by atoms with van der Waals surface area (Å²) in [7, 11) is -3.37. The number of carbonyl (C=O) groups is 1. The molecular weight excluding hydrogens is 316 g/mol. The zero-order chi connectivity index (χ0) is 16.4. The van der Waals surface area contributed by atoms with Gasteiger partial charge in [0.05, 0.1) is 11.3 Å². The first-order chi connectivity index (χ1) is 11.0. The van der Waals surface area contributed by atoms with Crippen molar-refractivity contribution in [2.24, 2.45) is 16.0 Å². The minimum atomic E-state index is -3.37. The third kappa shape index (κ3) is 3.64. The predicted molar refractivity (Wildman–Crippen MR) is 88.1 cm³/mol. The van der Waals surface area contributed by atoms with Crippen LogP contribution < -0.4 is 11.1 Å². The summed E-state index contributed by atoms with van der Waals surface area (Å²) in [6, 6.07) is 0.118. The minimum Gasteiger partial charge on any atom is -0.349 e. The first-order valence-electron chi connectivity index (χ1n) is 7.98. The van der Waals surface area contributed by atoms with Gasteiger partial charge >= 0.3 is 0 Å². The Kier molecular flexibility index (Phi) is 4.54. The number of carbonyl (C=O) groups excluding carboxylic acids is 1. The van der Waals surface area contributed by atoms with Crippen molar-refractivity contribution in [1.29, 1.82) is 0 Å². The highest BCUT2D eigenvalue weighted by Crippen LogP contribution is 2.24. The van der Waals surface area contributed by atoms with Crippen molar-refractivity contribution in [3.63, 3.8) is 0 Å². The summed E-state index contributed by atoms with van der Waals surface area (Å²) in [5.41, 5.74) is 6.32. The fraction of sp³-hybridized carbons (Fsp3) is 0.600. The minimum absolute atomic E-state index is 0.0341. The van der Waals surface area contributed by atoms with Crippen LogP contribution in [0.15, 0.2) is 28.3 Å². The molecule has 1 saturated carbocycles. The summed E-state index contributed by atoms with van der Waals surface area (Å²) >= 11 is 0. The molecule has 3 rings (SSSR count). The molecule has 0 aromatic rings. The van der Waals surface area contributed by atoms with Crippen LogP contribution in [0.4, 0.5) is 0 Å². The lowest BCUT2D eigenvalue weighted by Gasteiger charge is -2.32. The molecule has 0 saturated heterocycles. The molecule has 0 radical (unpaired) electrons. The molecule has 2 aliphatic heterocycles. The van der Waals surface area contributed by atoms with Crippen molar-refractivity contribution in [2.75, 3.05) is 18.8 Å². The molecule has 1 aliphatic carbocycles. The Hall–Kier alpha value is -1.67. The quantitative estimate of drug-likeness (QED) is 0.760. The third-order valence-electron chi connectivity index (χ3n) is 4.61. The molecule has 0 aromatic heterocycles. The number of hydrogen-bond donors (Lipinski definition) is 2. The average molecular weight is 338 g/mol. The molecule has 0 aromatic carbocycles. The van der Waals surface area contributed by atoms with E-state index in [0.717, 1.165) is 19.3 Å². The van der Waals surface area contributed by atoms with Gasteiger partial charge in [-0.05, 0) is 37.5 Å². The van der Waals surface area contributed by atoms with Crippen LogP contribution in [-0.4, -0.2) is 49.9 Å². The average Bonchev–Trinajstić information content (AvgIpc) is 2.54. The highest BCUT2D eigenvalue weighted by atomic mass is 32.2. The molecule has 23 heavy (non-hydrogen) atoms. The van der Waals surface area contributed by atoms with Gasteiger partial charge in [-0.2, -0.15) is 0 Å². The van der Waals surface area contributed by atoms with Crippen molar-refractivity contribution in [3.8, 4) is 0 Å². The number of amidine groups is 1. The van der Waals surface area contributed by atoms with Crippen molar-refractivity contribution >= 4 is 21.8 Å². The lowest BCUT2D eigenvalue weighted by Crippen LogP contribution is -2.46. The molecule has 3 N–H and O–H groups in total. The van der Waals surface area contributed by atoms with Gasteiger partial charge < -0.3 is 16.0 Å². The molecule has 0 bridgehead atoms. The fourth-order valence-electron chi connectivity index (χ4n) is 3.27. The third-order valence-corrected chi connectivity index (χ3v) is 5.78. The first-order valence-corrected chi connectivity index (χ1v) is 9.59. The van der Waals surface area contributed by atoms with Gasteiger partial charge in [0.1, 0.15) is 5.84 Å². The number of amides is 1. The van der Waals surface area contributed by atoms with Gasteiger partial charge in [0.2, 0.25) is 0 Å². The Bertz CT molecular complexity index is 681. The summed E-state index contributed by atoms with van der Waals surface area (Å²) in [6.45, 7) is 0.901. The van der Waals surface area contributed by atoms with Crippen molar-refractivity contribution in [3.05, 3.63) is 23.9 Å². The summed E-state index contributed by atoms with van der Waals surface area (Å²) in [5.74, 6) is 0.524. The van der Waals surface area contributed by atoms with Crippen LogP contribution in [0.1, 0.15) is 25.7 Å². The molecule has 1 fully saturated rings. The molecule has 2 atom stereocenters. The fourth-order valence-corrected chi connectivity index (χ4v) is 4.24. The highest BCUT2D eigenvalue weighted by Gasteiger charge is 2.28. The van der Waals surface area contributed by atoms with Gasteiger partial charge in [-0.1, -0.05) is 12.8 Å². The second-order valence-corrected chi connectivity index (χ2v) is 7.96. The van der Waals surface area contributed by atoms with Crippen LogP contribution >= 0.6 is 0 Å². The molecular formula is C15H22N4O3S. The Morgan fingerprint density at radius 2 is 2.13 bits per heavy atom. The van der Waals surface area contributed by atoms with E-state index in [0.29, 0.717) is 30.4 Å². The summed E-state index contributed by atoms with van der Waals surface area (Å²) in [4.78, 5) is 14.2. The lowest BCUT2D eigenvalue weighted by atomic mass is 9.84. The van der Waals surface area contributed by atoms with E-state index in [1.54, 1.807) is 23.3 Å². The normalized spacial score (nSPS) is 29.3. The maximum Gasteiger partial charge on any atom is 0.256 e. The van der Waals surface area contributed by atoms with Crippen molar-refractivity contribution < 1.29 is 13.2 Å². The predicted octanol–water partition coefficient (Wildman–Crippen LogP) is 0.118. The number of sulfonamides is 1. The standard InChI is InChI=1S/C15H22N4O3S/c16-9-11-3-1-2-4-13(11)17-15(20)12-5-6-14-18-23(21,22)8-7-19(14)10-12/h5-6,10-11,13H,1-4,7-9,16H2,(H,17,20). The van der Waals surface area contributed by atoms with Crippen LogP contribution in [0.25, 0.3) is 0 Å². The molecule has 126 valence electrons. The van der Waals surface area contributed by atoms with Crippen LogP contribution in [0, 0.1) is 5.92 Å². The van der Waals surface area contributed by atoms with E-state index in [-0.39, 0.29) is 17.7 Å². The Balaban J connectivity index is 1.70. The van der Waals surface area contributed by atoms with Gasteiger partial charge in [-0.3, -0.25) is 4.79 Å².